The SMILES string of the molecule is CCC(NC(=O)CNC1CC1)c1ncc[nH]1. The Hall–Kier alpha value is -1.36. The maximum absolute atomic E-state index is 11.6. The van der Waals surface area contributed by atoms with E-state index in [9.17, 15) is 4.79 Å². The minimum atomic E-state index is -0.0106. The molecule has 3 N–H and O–H groups in total. The molecule has 1 saturated carbocycles. The van der Waals surface area contributed by atoms with E-state index in [-0.39, 0.29) is 11.9 Å². The fourth-order valence-electron chi connectivity index (χ4n) is 1.60. The molecule has 1 aromatic rings. The number of amides is 1. The van der Waals surface area contributed by atoms with Crippen molar-refractivity contribution in [3.8, 4) is 0 Å². The van der Waals surface area contributed by atoms with Crippen molar-refractivity contribution in [2.45, 2.75) is 38.3 Å². The van der Waals surface area contributed by atoms with Crippen LogP contribution in [-0.2, 0) is 4.79 Å². The zero-order valence-electron chi connectivity index (χ0n) is 9.49. The molecule has 1 aromatic heterocycles. The van der Waals surface area contributed by atoms with Gasteiger partial charge in [-0.3, -0.25) is 4.79 Å². The minimum Gasteiger partial charge on any atom is -0.347 e. The normalized spacial score (nSPS) is 17.1. The Balaban J connectivity index is 1.78. The van der Waals surface area contributed by atoms with E-state index < -0.39 is 0 Å². The molecule has 2 rings (SSSR count). The summed E-state index contributed by atoms with van der Waals surface area (Å²) < 4.78 is 0. The van der Waals surface area contributed by atoms with Crippen molar-refractivity contribution in [2.75, 3.05) is 6.54 Å². The Morgan fingerprint density at radius 1 is 1.69 bits per heavy atom. The Kier molecular flexibility index (Phi) is 3.56. The zero-order valence-corrected chi connectivity index (χ0v) is 9.49. The van der Waals surface area contributed by atoms with Gasteiger partial charge in [0.1, 0.15) is 5.82 Å². The molecule has 1 unspecified atom stereocenters. The first-order valence-electron chi connectivity index (χ1n) is 5.81. The van der Waals surface area contributed by atoms with Gasteiger partial charge in [-0.1, -0.05) is 6.92 Å². The highest BCUT2D eigenvalue weighted by Gasteiger charge is 2.22. The van der Waals surface area contributed by atoms with Gasteiger partial charge in [0.25, 0.3) is 0 Å². The van der Waals surface area contributed by atoms with E-state index >= 15 is 0 Å². The first kappa shape index (κ1) is 11.1. The van der Waals surface area contributed by atoms with Gasteiger partial charge in [0.15, 0.2) is 0 Å². The summed E-state index contributed by atoms with van der Waals surface area (Å²) in [5, 5.41) is 6.15. The summed E-state index contributed by atoms with van der Waals surface area (Å²) in [5.41, 5.74) is 0. The Labute approximate surface area is 95.0 Å². The number of hydrogen-bond donors (Lipinski definition) is 3. The van der Waals surface area contributed by atoms with Crippen molar-refractivity contribution in [3.05, 3.63) is 18.2 Å². The van der Waals surface area contributed by atoms with Crippen molar-refractivity contribution >= 4 is 5.91 Å². The van der Waals surface area contributed by atoms with Crippen LogP contribution >= 0.6 is 0 Å². The molecule has 1 aliphatic rings. The van der Waals surface area contributed by atoms with Crippen LogP contribution in [0.4, 0.5) is 0 Å². The fraction of sp³-hybridized carbons (Fsp3) is 0.636. The third-order valence-corrected chi connectivity index (χ3v) is 2.72. The average molecular weight is 222 g/mol. The number of carbonyl (C=O) groups is 1. The molecule has 1 heterocycles. The average Bonchev–Trinajstić information content (AvgIpc) is 2.97. The topological polar surface area (TPSA) is 69.8 Å². The first-order valence-corrected chi connectivity index (χ1v) is 5.81. The molecule has 1 atom stereocenters. The number of imidazole rings is 1. The van der Waals surface area contributed by atoms with Crippen molar-refractivity contribution in [1.82, 2.24) is 20.6 Å². The van der Waals surface area contributed by atoms with Crippen molar-refractivity contribution in [3.63, 3.8) is 0 Å². The van der Waals surface area contributed by atoms with E-state index in [1.54, 1.807) is 12.4 Å². The van der Waals surface area contributed by atoms with E-state index in [0.29, 0.717) is 12.6 Å². The molecule has 88 valence electrons. The number of hydrogen-bond acceptors (Lipinski definition) is 3. The first-order chi connectivity index (χ1) is 7.79. The van der Waals surface area contributed by atoms with Gasteiger partial charge in [-0.25, -0.2) is 4.98 Å². The highest BCUT2D eigenvalue weighted by atomic mass is 16.2. The number of rotatable bonds is 6. The van der Waals surface area contributed by atoms with Crippen LogP contribution in [0.15, 0.2) is 12.4 Å². The van der Waals surface area contributed by atoms with E-state index in [1.165, 1.54) is 12.8 Å². The summed E-state index contributed by atoms with van der Waals surface area (Å²) >= 11 is 0. The smallest absolute Gasteiger partial charge is 0.234 e. The van der Waals surface area contributed by atoms with E-state index in [0.717, 1.165) is 12.2 Å². The van der Waals surface area contributed by atoms with Gasteiger partial charge in [0, 0.05) is 18.4 Å². The second-order valence-electron chi connectivity index (χ2n) is 4.16. The molecule has 5 heteroatoms. The lowest BCUT2D eigenvalue weighted by atomic mass is 10.2. The predicted molar refractivity (Wildman–Crippen MR) is 60.8 cm³/mol. The van der Waals surface area contributed by atoms with Crippen molar-refractivity contribution in [2.24, 2.45) is 0 Å². The number of nitrogens with one attached hydrogen (secondary N) is 3. The van der Waals surface area contributed by atoms with E-state index in [1.807, 2.05) is 6.92 Å². The molecule has 0 saturated heterocycles. The molecule has 0 bridgehead atoms. The lowest BCUT2D eigenvalue weighted by Crippen LogP contribution is -2.37. The summed E-state index contributed by atoms with van der Waals surface area (Å²) in [4.78, 5) is 18.8. The second kappa shape index (κ2) is 5.12. The molecule has 0 radical (unpaired) electrons. The molecular formula is C11H18N4O. The molecular weight excluding hydrogens is 204 g/mol. The number of aromatic amines is 1. The largest absolute Gasteiger partial charge is 0.347 e. The molecule has 0 aliphatic heterocycles. The van der Waals surface area contributed by atoms with Crippen LogP contribution in [0.3, 0.4) is 0 Å². The van der Waals surface area contributed by atoms with Gasteiger partial charge in [0.05, 0.1) is 12.6 Å². The molecule has 0 aromatic carbocycles. The van der Waals surface area contributed by atoms with Crippen molar-refractivity contribution < 1.29 is 4.79 Å². The highest BCUT2D eigenvalue weighted by Crippen LogP contribution is 2.18. The van der Waals surface area contributed by atoms with Crippen LogP contribution in [-0.4, -0.2) is 28.5 Å². The van der Waals surface area contributed by atoms with Crippen LogP contribution < -0.4 is 10.6 Å². The third kappa shape index (κ3) is 3.06. The van der Waals surface area contributed by atoms with Gasteiger partial charge < -0.3 is 15.6 Å². The Morgan fingerprint density at radius 2 is 2.50 bits per heavy atom. The number of aromatic nitrogens is 2. The van der Waals surface area contributed by atoms with E-state index in [4.69, 9.17) is 0 Å². The molecule has 1 fully saturated rings. The third-order valence-electron chi connectivity index (χ3n) is 2.72. The quantitative estimate of drug-likeness (QED) is 0.664. The maximum atomic E-state index is 11.6. The lowest BCUT2D eigenvalue weighted by molar-refractivity contribution is -0.121. The van der Waals surface area contributed by atoms with Gasteiger partial charge >= 0.3 is 0 Å². The standard InChI is InChI=1S/C11H18N4O/c1-2-9(11-12-5-6-13-11)15-10(16)7-14-8-3-4-8/h5-6,8-9,14H,2-4,7H2,1H3,(H,12,13)(H,15,16). The van der Waals surface area contributed by atoms with Gasteiger partial charge in [-0.15, -0.1) is 0 Å². The summed E-state index contributed by atoms with van der Waals surface area (Å²) in [5.74, 6) is 0.859. The van der Waals surface area contributed by atoms with Crippen molar-refractivity contribution in [1.29, 1.82) is 0 Å². The molecule has 5 nitrogen and oxygen atoms in total. The van der Waals surface area contributed by atoms with Crippen LogP contribution in [0.2, 0.25) is 0 Å². The van der Waals surface area contributed by atoms with E-state index in [2.05, 4.69) is 20.6 Å². The molecule has 1 aliphatic carbocycles. The van der Waals surface area contributed by atoms with Gasteiger partial charge in [-0.2, -0.15) is 0 Å². The molecule has 16 heavy (non-hydrogen) atoms. The number of nitrogens with zero attached hydrogens (tertiary/aromatic N) is 1. The van der Waals surface area contributed by atoms with Crippen LogP contribution in [0, 0.1) is 0 Å². The number of H-pyrrole nitrogens is 1. The summed E-state index contributed by atoms with van der Waals surface area (Å²) in [6, 6.07) is 0.554. The van der Waals surface area contributed by atoms with Gasteiger partial charge in [0.2, 0.25) is 5.91 Å². The fourth-order valence-corrected chi connectivity index (χ4v) is 1.60. The minimum absolute atomic E-state index is 0.0106. The zero-order chi connectivity index (χ0) is 11.4. The second-order valence-corrected chi connectivity index (χ2v) is 4.16. The highest BCUT2D eigenvalue weighted by molar-refractivity contribution is 5.78. The van der Waals surface area contributed by atoms with Gasteiger partial charge in [-0.05, 0) is 19.3 Å². The monoisotopic (exact) mass is 222 g/mol. The summed E-state index contributed by atoms with van der Waals surface area (Å²) in [7, 11) is 0. The Morgan fingerprint density at radius 3 is 3.06 bits per heavy atom. The molecule has 1 amide bonds. The Bertz CT molecular complexity index is 332. The van der Waals surface area contributed by atoms with Crippen LogP contribution in [0.25, 0.3) is 0 Å². The molecule has 0 spiro atoms. The number of carbonyl (C=O) groups excluding carboxylic acids is 1. The van der Waals surface area contributed by atoms with Crippen LogP contribution in [0.1, 0.15) is 38.1 Å². The maximum Gasteiger partial charge on any atom is 0.234 e. The predicted octanol–water partition coefficient (Wildman–Crippen LogP) is 0.729. The summed E-state index contributed by atoms with van der Waals surface area (Å²) in [6.07, 6.45) is 6.70. The lowest BCUT2D eigenvalue weighted by Gasteiger charge is -2.14. The summed E-state index contributed by atoms with van der Waals surface area (Å²) in [6.45, 7) is 2.43. The van der Waals surface area contributed by atoms with Crippen LogP contribution in [0.5, 0.6) is 0 Å².